The van der Waals surface area contributed by atoms with E-state index in [1.807, 2.05) is 6.92 Å². The van der Waals surface area contributed by atoms with E-state index in [9.17, 15) is 19.2 Å². The summed E-state index contributed by atoms with van der Waals surface area (Å²) in [5.41, 5.74) is 0.223. The second-order valence-corrected chi connectivity index (χ2v) is 16.7. The van der Waals surface area contributed by atoms with Gasteiger partial charge in [-0.3, -0.25) is 19.2 Å². The highest BCUT2D eigenvalue weighted by Crippen LogP contribution is 2.74. The van der Waals surface area contributed by atoms with Crippen LogP contribution in [0.4, 0.5) is 0 Å². The van der Waals surface area contributed by atoms with E-state index in [1.54, 1.807) is 0 Å². The van der Waals surface area contributed by atoms with Crippen LogP contribution < -0.4 is 5.32 Å². The Kier molecular flexibility index (Phi) is 8.49. The van der Waals surface area contributed by atoms with Crippen molar-refractivity contribution >= 4 is 23.6 Å². The van der Waals surface area contributed by atoms with Crippen LogP contribution in [0.5, 0.6) is 0 Å². The third kappa shape index (κ3) is 4.89. The number of hydrogen-bond donors (Lipinski definition) is 1. The minimum atomic E-state index is -0.827. The predicted molar refractivity (Wildman–Crippen MR) is 169 cm³/mol. The average Bonchev–Trinajstić information content (AvgIpc) is 2.93. The van der Waals surface area contributed by atoms with Crippen LogP contribution in [0.1, 0.15) is 126 Å². The van der Waals surface area contributed by atoms with Crippen LogP contribution in [0.2, 0.25) is 0 Å². The zero-order valence-corrected chi connectivity index (χ0v) is 28.8. The number of ketones is 1. The van der Waals surface area contributed by atoms with Crippen molar-refractivity contribution in [1.82, 2.24) is 5.32 Å². The smallest absolute Gasteiger partial charge is 0.305 e. The molecule has 11 atom stereocenters. The first-order valence-electron chi connectivity index (χ1n) is 17.3. The molecule has 5 aliphatic carbocycles. The van der Waals surface area contributed by atoms with Gasteiger partial charge in [-0.25, -0.2) is 0 Å². The summed E-state index contributed by atoms with van der Waals surface area (Å²) in [6, 6.07) is 0. The molecule has 5 rings (SSSR count). The van der Waals surface area contributed by atoms with Crippen LogP contribution in [-0.2, 0) is 28.7 Å². The van der Waals surface area contributed by atoms with Gasteiger partial charge in [-0.15, -0.1) is 0 Å². The minimum absolute atomic E-state index is 0.0410. The van der Waals surface area contributed by atoms with Crippen molar-refractivity contribution in [2.45, 2.75) is 138 Å². The lowest BCUT2D eigenvalue weighted by Crippen LogP contribution is -2.72. The molecule has 0 unspecified atom stereocenters. The number of nitrogens with one attached hydrogen (secondary N) is 1. The molecule has 0 aromatic carbocycles. The first-order chi connectivity index (χ1) is 20.5. The number of hydrogen-bond acceptors (Lipinski definition) is 6. The Morgan fingerprint density at radius 2 is 1.64 bits per heavy atom. The first-order valence-corrected chi connectivity index (χ1v) is 17.3. The fourth-order valence-electron chi connectivity index (χ4n) is 11.8. The van der Waals surface area contributed by atoms with E-state index >= 15 is 0 Å². The number of fused-ring (bicyclic) bond motifs is 7. The lowest BCUT2D eigenvalue weighted by atomic mass is 9.33. The molecule has 4 fully saturated rings. The molecule has 0 bridgehead atoms. The molecule has 4 saturated carbocycles. The first kappa shape index (κ1) is 33.2. The molecule has 246 valence electrons. The molecule has 0 spiro atoms. The van der Waals surface area contributed by atoms with Crippen LogP contribution in [0, 0.1) is 51.2 Å². The van der Waals surface area contributed by atoms with E-state index in [0.717, 1.165) is 25.7 Å². The largest absolute Gasteiger partial charge is 0.469 e. The summed E-state index contributed by atoms with van der Waals surface area (Å²) in [6.07, 6.45) is 10.3. The molecule has 0 radical (unpaired) electrons. The molecule has 0 aromatic rings. The number of rotatable bonds is 6. The normalized spacial score (nSPS) is 46.3. The molecule has 0 heterocycles. The standard InChI is InChI=1S/C37H57NO6/c1-22-13-16-33(4)19-20-35(6)25(31(33)23(22)2)21-26(40)32-34(5)17-15-28(44-24(3)39)37(8,27(34)14-18-36(32,35)7)38-29(41)11-10-12-30(42)43-9/h21-23,27-28,31-32H,10-20H2,1-9H3,(H,38,41)/t22-,23+,27-,28-,31+,32-,33-,34+,35-,36-,37-/m1/s1. The van der Waals surface area contributed by atoms with E-state index in [-0.39, 0.29) is 70.0 Å². The summed E-state index contributed by atoms with van der Waals surface area (Å²) < 4.78 is 10.7. The minimum Gasteiger partial charge on any atom is -0.469 e. The monoisotopic (exact) mass is 611 g/mol. The number of methoxy groups -OCH3 is 1. The number of amides is 1. The summed E-state index contributed by atoms with van der Waals surface area (Å²) in [4.78, 5) is 52.0. The van der Waals surface area contributed by atoms with Gasteiger partial charge in [-0.05, 0) is 116 Å². The molecule has 44 heavy (non-hydrogen) atoms. The number of esters is 2. The maximum absolute atomic E-state index is 14.7. The fraction of sp³-hybridized carbons (Fsp3) is 0.838. The second kappa shape index (κ2) is 11.3. The lowest BCUT2D eigenvalue weighted by molar-refractivity contribution is -0.201. The maximum Gasteiger partial charge on any atom is 0.305 e. The third-order valence-electron chi connectivity index (χ3n) is 14.5. The molecular formula is C37H57NO6. The molecule has 7 nitrogen and oxygen atoms in total. The summed E-state index contributed by atoms with van der Waals surface area (Å²) >= 11 is 0. The van der Waals surface area contributed by atoms with Gasteiger partial charge in [-0.1, -0.05) is 47.1 Å². The zero-order valence-electron chi connectivity index (χ0n) is 28.8. The molecule has 1 amide bonds. The highest BCUT2D eigenvalue weighted by Gasteiger charge is 2.71. The van der Waals surface area contributed by atoms with Crippen LogP contribution in [0.3, 0.4) is 0 Å². The van der Waals surface area contributed by atoms with Crippen LogP contribution in [-0.4, -0.2) is 42.4 Å². The van der Waals surface area contributed by atoms with Crippen molar-refractivity contribution < 1.29 is 28.7 Å². The van der Waals surface area contributed by atoms with Gasteiger partial charge < -0.3 is 14.8 Å². The molecule has 0 aliphatic heterocycles. The summed E-state index contributed by atoms with van der Waals surface area (Å²) in [6.45, 7) is 17.9. The number of carbonyl (C=O) groups is 4. The Morgan fingerprint density at radius 3 is 2.30 bits per heavy atom. The van der Waals surface area contributed by atoms with E-state index < -0.39 is 11.6 Å². The van der Waals surface area contributed by atoms with Crippen LogP contribution in [0.25, 0.3) is 0 Å². The fourth-order valence-corrected chi connectivity index (χ4v) is 11.8. The van der Waals surface area contributed by atoms with Crippen molar-refractivity contribution in [3.63, 3.8) is 0 Å². The van der Waals surface area contributed by atoms with Crippen LogP contribution in [0.15, 0.2) is 11.6 Å². The van der Waals surface area contributed by atoms with Crippen molar-refractivity contribution in [3.05, 3.63) is 11.6 Å². The summed E-state index contributed by atoms with van der Waals surface area (Å²) in [7, 11) is 1.35. The highest BCUT2D eigenvalue weighted by molar-refractivity contribution is 5.95. The molecular weight excluding hydrogens is 554 g/mol. The van der Waals surface area contributed by atoms with E-state index in [0.29, 0.717) is 30.6 Å². The van der Waals surface area contributed by atoms with E-state index in [1.165, 1.54) is 38.9 Å². The summed E-state index contributed by atoms with van der Waals surface area (Å²) in [5, 5.41) is 3.31. The van der Waals surface area contributed by atoms with Crippen LogP contribution >= 0.6 is 0 Å². The molecule has 7 heteroatoms. The van der Waals surface area contributed by atoms with Crippen molar-refractivity contribution in [2.75, 3.05) is 7.11 Å². The van der Waals surface area contributed by atoms with E-state index in [2.05, 4.69) is 52.9 Å². The Morgan fingerprint density at radius 1 is 0.932 bits per heavy atom. The Labute approximate surface area is 265 Å². The van der Waals surface area contributed by atoms with Crippen molar-refractivity contribution in [3.8, 4) is 0 Å². The molecule has 1 N–H and O–H groups in total. The van der Waals surface area contributed by atoms with Gasteiger partial charge in [0.1, 0.15) is 6.10 Å². The Bertz CT molecular complexity index is 1240. The van der Waals surface area contributed by atoms with Crippen molar-refractivity contribution in [2.24, 2.45) is 51.2 Å². The van der Waals surface area contributed by atoms with Gasteiger partial charge >= 0.3 is 11.9 Å². The second-order valence-electron chi connectivity index (χ2n) is 16.7. The molecule has 0 saturated heterocycles. The van der Waals surface area contributed by atoms with Gasteiger partial charge in [0.2, 0.25) is 5.91 Å². The maximum atomic E-state index is 14.7. The topological polar surface area (TPSA) is 98.8 Å². The van der Waals surface area contributed by atoms with Gasteiger partial charge in [0.05, 0.1) is 12.6 Å². The quantitative estimate of drug-likeness (QED) is 0.326. The SMILES string of the molecule is COC(=O)CCCC(=O)N[C@]1(C)[C@@H]2CC[C@]3(C)[C@H](C(=O)C=C4[C@@H]5[C@@H](C)[C@H](C)CC[C@]5(C)CC[C@]43C)[C@@]2(C)CC[C@H]1OC(C)=O. The number of allylic oxidation sites excluding steroid dienone is 2. The Hall–Kier alpha value is -2.18. The van der Waals surface area contributed by atoms with Gasteiger partial charge in [0.15, 0.2) is 5.78 Å². The van der Waals surface area contributed by atoms with Gasteiger partial charge in [0, 0.05) is 25.7 Å². The van der Waals surface area contributed by atoms with E-state index in [4.69, 9.17) is 9.47 Å². The van der Waals surface area contributed by atoms with Gasteiger partial charge in [0.25, 0.3) is 0 Å². The average molecular weight is 612 g/mol. The third-order valence-corrected chi connectivity index (χ3v) is 14.5. The number of carbonyl (C=O) groups excluding carboxylic acids is 4. The highest BCUT2D eigenvalue weighted by atomic mass is 16.5. The Balaban J connectivity index is 1.52. The van der Waals surface area contributed by atoms with Gasteiger partial charge in [-0.2, -0.15) is 0 Å². The van der Waals surface area contributed by atoms with Crippen molar-refractivity contribution in [1.29, 1.82) is 0 Å². The lowest BCUT2D eigenvalue weighted by Gasteiger charge is -2.71. The molecule has 5 aliphatic rings. The molecule has 0 aromatic heterocycles. The summed E-state index contributed by atoms with van der Waals surface area (Å²) in [5.74, 6) is 0.830. The number of ether oxygens (including phenoxy) is 2. The zero-order chi connectivity index (χ0) is 32.5. The predicted octanol–water partition coefficient (Wildman–Crippen LogP) is 6.97.